The standard InChI is InChI=1S/C10H23N/c1-6-9(2,3)7-10(4,5)8-11/h6-8,11H2,1-5H3. The van der Waals surface area contributed by atoms with Gasteiger partial charge in [-0.2, -0.15) is 0 Å². The molecule has 0 saturated heterocycles. The molecular formula is C10H23N. The largest absolute Gasteiger partial charge is 0.330 e. The summed E-state index contributed by atoms with van der Waals surface area (Å²) in [6, 6.07) is 0. The van der Waals surface area contributed by atoms with E-state index in [1.165, 1.54) is 12.8 Å². The first-order valence-corrected chi connectivity index (χ1v) is 4.53. The Morgan fingerprint density at radius 1 is 1.00 bits per heavy atom. The highest BCUT2D eigenvalue weighted by molar-refractivity contribution is 4.78. The molecule has 0 fully saturated rings. The fraction of sp³-hybridized carbons (Fsp3) is 1.00. The molecule has 0 aromatic carbocycles. The molecule has 1 nitrogen and oxygen atoms in total. The highest BCUT2D eigenvalue weighted by Gasteiger charge is 2.25. The Balaban J connectivity index is 4.02. The monoisotopic (exact) mass is 157 g/mol. The Labute approximate surface area is 71.4 Å². The summed E-state index contributed by atoms with van der Waals surface area (Å²) in [5.41, 5.74) is 6.42. The van der Waals surface area contributed by atoms with Crippen LogP contribution >= 0.6 is 0 Å². The van der Waals surface area contributed by atoms with Gasteiger partial charge in [-0.3, -0.25) is 0 Å². The Morgan fingerprint density at radius 2 is 1.45 bits per heavy atom. The molecular weight excluding hydrogens is 134 g/mol. The lowest BCUT2D eigenvalue weighted by atomic mass is 9.74. The molecule has 0 aromatic rings. The molecule has 68 valence electrons. The minimum atomic E-state index is 0.305. The number of rotatable bonds is 4. The van der Waals surface area contributed by atoms with Crippen LogP contribution < -0.4 is 5.73 Å². The van der Waals surface area contributed by atoms with Gasteiger partial charge in [-0.25, -0.2) is 0 Å². The zero-order valence-corrected chi connectivity index (χ0v) is 8.70. The van der Waals surface area contributed by atoms with Gasteiger partial charge < -0.3 is 5.73 Å². The predicted octanol–water partition coefficient (Wildman–Crippen LogP) is 2.80. The Kier molecular flexibility index (Phi) is 3.56. The van der Waals surface area contributed by atoms with Gasteiger partial charge in [-0.15, -0.1) is 0 Å². The fourth-order valence-corrected chi connectivity index (χ4v) is 1.49. The van der Waals surface area contributed by atoms with Crippen molar-refractivity contribution in [3.63, 3.8) is 0 Å². The van der Waals surface area contributed by atoms with E-state index in [4.69, 9.17) is 5.73 Å². The van der Waals surface area contributed by atoms with E-state index < -0.39 is 0 Å². The van der Waals surface area contributed by atoms with Crippen molar-refractivity contribution in [1.82, 2.24) is 0 Å². The first kappa shape index (κ1) is 11.0. The molecule has 0 bridgehead atoms. The second-order valence-electron chi connectivity index (χ2n) is 5.06. The number of hydrogen-bond donors (Lipinski definition) is 1. The normalized spacial score (nSPS) is 13.6. The summed E-state index contributed by atoms with van der Waals surface area (Å²) in [5, 5.41) is 0. The third kappa shape index (κ3) is 4.41. The topological polar surface area (TPSA) is 26.0 Å². The van der Waals surface area contributed by atoms with Crippen LogP contribution in [0.3, 0.4) is 0 Å². The minimum Gasteiger partial charge on any atom is -0.330 e. The van der Waals surface area contributed by atoms with E-state index in [9.17, 15) is 0 Å². The number of hydrogen-bond acceptors (Lipinski definition) is 1. The first-order chi connectivity index (χ1) is 4.83. The van der Waals surface area contributed by atoms with Gasteiger partial charge in [0.2, 0.25) is 0 Å². The van der Waals surface area contributed by atoms with Crippen LogP contribution in [0, 0.1) is 10.8 Å². The summed E-state index contributed by atoms with van der Waals surface area (Å²) in [4.78, 5) is 0. The van der Waals surface area contributed by atoms with E-state index in [2.05, 4.69) is 34.6 Å². The molecule has 0 atom stereocenters. The van der Waals surface area contributed by atoms with Crippen molar-refractivity contribution in [2.45, 2.75) is 47.5 Å². The molecule has 0 aliphatic rings. The van der Waals surface area contributed by atoms with Crippen molar-refractivity contribution in [2.75, 3.05) is 6.54 Å². The summed E-state index contributed by atoms with van der Waals surface area (Å²) in [6.07, 6.45) is 2.45. The highest BCUT2D eigenvalue weighted by Crippen LogP contribution is 2.34. The van der Waals surface area contributed by atoms with E-state index >= 15 is 0 Å². The first-order valence-electron chi connectivity index (χ1n) is 4.53. The predicted molar refractivity (Wildman–Crippen MR) is 51.5 cm³/mol. The molecule has 0 amide bonds. The van der Waals surface area contributed by atoms with Gasteiger partial charge in [0.05, 0.1) is 0 Å². The maximum atomic E-state index is 5.67. The third-order valence-corrected chi connectivity index (χ3v) is 2.47. The van der Waals surface area contributed by atoms with Crippen LogP contribution in [0.1, 0.15) is 47.5 Å². The summed E-state index contributed by atoms with van der Waals surface area (Å²) in [6.45, 7) is 12.1. The van der Waals surface area contributed by atoms with Crippen molar-refractivity contribution in [2.24, 2.45) is 16.6 Å². The van der Waals surface area contributed by atoms with Gasteiger partial charge in [0, 0.05) is 0 Å². The van der Waals surface area contributed by atoms with Crippen LogP contribution in [0.25, 0.3) is 0 Å². The van der Waals surface area contributed by atoms with Gasteiger partial charge in [0.15, 0.2) is 0 Å². The molecule has 2 N–H and O–H groups in total. The average Bonchev–Trinajstić information content (AvgIpc) is 1.86. The van der Waals surface area contributed by atoms with E-state index in [1.807, 2.05) is 0 Å². The average molecular weight is 157 g/mol. The third-order valence-electron chi connectivity index (χ3n) is 2.47. The Bertz CT molecular complexity index is 100. The fourth-order valence-electron chi connectivity index (χ4n) is 1.49. The van der Waals surface area contributed by atoms with E-state index in [1.54, 1.807) is 0 Å². The minimum absolute atomic E-state index is 0.305. The van der Waals surface area contributed by atoms with Crippen LogP contribution in [0.4, 0.5) is 0 Å². The molecule has 0 unspecified atom stereocenters. The van der Waals surface area contributed by atoms with Gasteiger partial charge in [0.1, 0.15) is 0 Å². The SMILES string of the molecule is CCC(C)(C)CC(C)(C)CN. The van der Waals surface area contributed by atoms with E-state index in [-0.39, 0.29) is 0 Å². The van der Waals surface area contributed by atoms with E-state index in [0.29, 0.717) is 10.8 Å². The van der Waals surface area contributed by atoms with Crippen molar-refractivity contribution in [3.8, 4) is 0 Å². The summed E-state index contributed by atoms with van der Waals surface area (Å²) in [7, 11) is 0. The van der Waals surface area contributed by atoms with Crippen molar-refractivity contribution in [1.29, 1.82) is 0 Å². The zero-order chi connectivity index (χ0) is 9.12. The summed E-state index contributed by atoms with van der Waals surface area (Å²) < 4.78 is 0. The molecule has 0 aliphatic carbocycles. The molecule has 11 heavy (non-hydrogen) atoms. The molecule has 0 saturated carbocycles. The number of nitrogens with two attached hydrogens (primary N) is 1. The second-order valence-corrected chi connectivity index (χ2v) is 5.06. The maximum Gasteiger partial charge on any atom is -0.00256 e. The van der Waals surface area contributed by atoms with Gasteiger partial charge >= 0.3 is 0 Å². The lowest BCUT2D eigenvalue weighted by Crippen LogP contribution is -2.29. The van der Waals surface area contributed by atoms with Crippen LogP contribution in [-0.2, 0) is 0 Å². The lowest BCUT2D eigenvalue weighted by molar-refractivity contribution is 0.195. The smallest absolute Gasteiger partial charge is 0.00256 e. The van der Waals surface area contributed by atoms with Gasteiger partial charge in [-0.05, 0) is 23.8 Å². The molecule has 0 aromatic heterocycles. The van der Waals surface area contributed by atoms with Crippen molar-refractivity contribution >= 4 is 0 Å². The molecule has 0 spiro atoms. The van der Waals surface area contributed by atoms with Crippen LogP contribution in [0.15, 0.2) is 0 Å². The van der Waals surface area contributed by atoms with Crippen LogP contribution in [0.2, 0.25) is 0 Å². The molecule has 1 heteroatoms. The van der Waals surface area contributed by atoms with Crippen LogP contribution in [-0.4, -0.2) is 6.54 Å². The second kappa shape index (κ2) is 3.57. The molecule has 0 radical (unpaired) electrons. The molecule has 0 rings (SSSR count). The Hall–Kier alpha value is -0.0400. The van der Waals surface area contributed by atoms with Crippen LogP contribution in [0.5, 0.6) is 0 Å². The van der Waals surface area contributed by atoms with Crippen molar-refractivity contribution < 1.29 is 0 Å². The highest BCUT2D eigenvalue weighted by atomic mass is 14.6. The summed E-state index contributed by atoms with van der Waals surface area (Å²) >= 11 is 0. The van der Waals surface area contributed by atoms with E-state index in [0.717, 1.165) is 6.54 Å². The molecule has 0 heterocycles. The Morgan fingerprint density at radius 3 is 1.73 bits per heavy atom. The zero-order valence-electron chi connectivity index (χ0n) is 8.70. The molecule has 0 aliphatic heterocycles. The van der Waals surface area contributed by atoms with Gasteiger partial charge in [0.25, 0.3) is 0 Å². The van der Waals surface area contributed by atoms with Crippen molar-refractivity contribution in [3.05, 3.63) is 0 Å². The van der Waals surface area contributed by atoms with Gasteiger partial charge in [-0.1, -0.05) is 41.0 Å². The quantitative estimate of drug-likeness (QED) is 0.667. The maximum absolute atomic E-state index is 5.67. The summed E-state index contributed by atoms with van der Waals surface area (Å²) in [5.74, 6) is 0. The lowest BCUT2D eigenvalue weighted by Gasteiger charge is -2.33.